The van der Waals surface area contributed by atoms with Crippen molar-refractivity contribution < 1.29 is 13.6 Å². The minimum Gasteiger partial charge on any atom is -0.335 e. The average Bonchev–Trinajstić information content (AvgIpc) is 3.67. The Bertz CT molecular complexity index is 1150. The predicted molar refractivity (Wildman–Crippen MR) is 124 cm³/mol. The van der Waals surface area contributed by atoms with Crippen LogP contribution in [0.5, 0.6) is 0 Å². The average molecular weight is 469 g/mol. The zero-order valence-corrected chi connectivity index (χ0v) is 19.4. The van der Waals surface area contributed by atoms with Crippen LogP contribution in [0.15, 0.2) is 35.3 Å². The molecule has 1 N–H and O–H groups in total. The fourth-order valence-corrected chi connectivity index (χ4v) is 4.82. The third-order valence-corrected chi connectivity index (χ3v) is 6.88. The summed E-state index contributed by atoms with van der Waals surface area (Å²) in [6.45, 7) is 1.24. The van der Waals surface area contributed by atoms with Crippen LogP contribution in [-0.2, 0) is 24.8 Å². The van der Waals surface area contributed by atoms with Gasteiger partial charge in [-0.25, -0.2) is 8.78 Å². The van der Waals surface area contributed by atoms with Crippen LogP contribution in [-0.4, -0.2) is 34.5 Å². The molecule has 0 radical (unpaired) electrons. The Balaban J connectivity index is 1.58. The first-order chi connectivity index (χ1) is 16.4. The Labute approximate surface area is 198 Å². The Kier molecular flexibility index (Phi) is 7.42. The van der Waals surface area contributed by atoms with Gasteiger partial charge < -0.3 is 14.8 Å². The number of carbonyl (C=O) groups is 1. The van der Waals surface area contributed by atoms with Crippen LogP contribution < -0.4 is 10.9 Å². The number of nitrogens with one attached hydrogen (secondary N) is 1. The number of amides is 1. The zero-order chi connectivity index (χ0) is 24.2. The van der Waals surface area contributed by atoms with Crippen LogP contribution in [0, 0.1) is 28.9 Å². The van der Waals surface area contributed by atoms with Gasteiger partial charge in [-0.3, -0.25) is 9.59 Å². The van der Waals surface area contributed by atoms with E-state index in [1.54, 1.807) is 30.3 Å². The molecular formula is C26H30F2N4O2. The fourth-order valence-electron chi connectivity index (χ4n) is 4.82. The smallest absolute Gasteiger partial charge is 0.250 e. The van der Waals surface area contributed by atoms with Gasteiger partial charge in [0.25, 0.3) is 5.56 Å². The molecule has 1 aromatic carbocycles. The van der Waals surface area contributed by atoms with E-state index in [1.165, 1.54) is 10.6 Å². The lowest BCUT2D eigenvalue weighted by Crippen LogP contribution is -2.47. The van der Waals surface area contributed by atoms with Crippen LogP contribution in [0.1, 0.15) is 54.7 Å². The number of nitrogens with zero attached hydrogens (tertiary/aromatic N) is 3. The van der Waals surface area contributed by atoms with Crippen molar-refractivity contribution in [3.05, 3.63) is 69.1 Å². The molecule has 0 spiro atoms. The number of aromatic nitrogens is 1. The highest BCUT2D eigenvalue weighted by atomic mass is 19.2. The fraction of sp³-hybridized carbons (Fsp3) is 0.500. The maximum Gasteiger partial charge on any atom is 0.250 e. The SMILES string of the molecule is Cn1ccc([C@H]2CCNCC2C(=O)N(Cc2cc(CCCC#N)cc(F)c2F)C2CC2)cc1=O. The molecule has 1 aliphatic heterocycles. The molecule has 1 amide bonds. The van der Waals surface area contributed by atoms with Crippen molar-refractivity contribution in [2.45, 2.75) is 57.0 Å². The number of hydrogen-bond acceptors (Lipinski definition) is 4. The quantitative estimate of drug-likeness (QED) is 0.603. The van der Waals surface area contributed by atoms with E-state index in [4.69, 9.17) is 5.26 Å². The number of aryl methyl sites for hydroxylation is 2. The second-order valence-electron chi connectivity index (χ2n) is 9.37. The minimum atomic E-state index is -0.926. The predicted octanol–water partition coefficient (Wildman–Crippen LogP) is 3.39. The molecule has 1 saturated carbocycles. The first kappa shape index (κ1) is 24.1. The van der Waals surface area contributed by atoms with Crippen molar-refractivity contribution in [2.75, 3.05) is 13.1 Å². The van der Waals surface area contributed by atoms with Gasteiger partial charge in [0, 0.05) is 50.4 Å². The molecule has 2 atom stereocenters. The lowest BCUT2D eigenvalue weighted by atomic mass is 9.80. The molecule has 34 heavy (non-hydrogen) atoms. The lowest BCUT2D eigenvalue weighted by molar-refractivity contribution is -0.138. The summed E-state index contributed by atoms with van der Waals surface area (Å²) in [6.07, 6.45) is 5.52. The van der Waals surface area contributed by atoms with Crippen LogP contribution in [0.4, 0.5) is 8.78 Å². The monoisotopic (exact) mass is 468 g/mol. The second-order valence-corrected chi connectivity index (χ2v) is 9.37. The van der Waals surface area contributed by atoms with Crippen molar-refractivity contribution in [3.63, 3.8) is 0 Å². The molecule has 1 aliphatic carbocycles. The standard InChI is InChI=1S/C26H30F2N4O2/c1-31-11-8-18(14-24(31)33)21-7-10-30-15-22(21)26(34)32(20-5-6-20)16-19-12-17(4-2-3-9-29)13-23(27)25(19)28/h8,11-14,20-22,30H,2-7,10,15-16H2,1H3/t21-,22?/m1/s1. The van der Waals surface area contributed by atoms with E-state index in [-0.39, 0.29) is 41.5 Å². The number of rotatable bonds is 8. The maximum atomic E-state index is 14.7. The van der Waals surface area contributed by atoms with Gasteiger partial charge in [-0.1, -0.05) is 6.07 Å². The van der Waals surface area contributed by atoms with Crippen molar-refractivity contribution in [2.24, 2.45) is 13.0 Å². The van der Waals surface area contributed by atoms with Crippen molar-refractivity contribution in [3.8, 4) is 6.07 Å². The molecule has 2 aliphatic rings. The molecule has 1 saturated heterocycles. The van der Waals surface area contributed by atoms with Gasteiger partial charge in [0.05, 0.1) is 12.0 Å². The Morgan fingerprint density at radius 3 is 2.76 bits per heavy atom. The van der Waals surface area contributed by atoms with E-state index < -0.39 is 11.6 Å². The zero-order valence-electron chi connectivity index (χ0n) is 19.4. The first-order valence-electron chi connectivity index (χ1n) is 11.9. The Morgan fingerprint density at radius 2 is 2.06 bits per heavy atom. The first-order valence-corrected chi connectivity index (χ1v) is 11.9. The third-order valence-electron chi connectivity index (χ3n) is 6.88. The Morgan fingerprint density at radius 1 is 1.26 bits per heavy atom. The van der Waals surface area contributed by atoms with Gasteiger partial charge >= 0.3 is 0 Å². The van der Waals surface area contributed by atoms with E-state index in [2.05, 4.69) is 11.4 Å². The highest BCUT2D eigenvalue weighted by Crippen LogP contribution is 2.36. The normalized spacial score (nSPS) is 20.1. The highest BCUT2D eigenvalue weighted by Gasteiger charge is 2.40. The highest BCUT2D eigenvalue weighted by molar-refractivity contribution is 5.81. The molecule has 2 aromatic rings. The summed E-state index contributed by atoms with van der Waals surface area (Å²) in [6, 6.07) is 8.36. The molecule has 8 heteroatoms. The van der Waals surface area contributed by atoms with Crippen molar-refractivity contribution in [1.29, 1.82) is 5.26 Å². The summed E-state index contributed by atoms with van der Waals surface area (Å²) in [5.41, 5.74) is 1.52. The number of piperidine rings is 1. The van der Waals surface area contributed by atoms with E-state index >= 15 is 0 Å². The van der Waals surface area contributed by atoms with Gasteiger partial charge in [-0.05, 0) is 67.8 Å². The maximum absolute atomic E-state index is 14.7. The number of carbonyl (C=O) groups excluding carboxylic acids is 1. The Hall–Kier alpha value is -3.05. The summed E-state index contributed by atoms with van der Waals surface area (Å²) in [7, 11) is 1.69. The van der Waals surface area contributed by atoms with Crippen molar-refractivity contribution in [1.82, 2.24) is 14.8 Å². The summed E-state index contributed by atoms with van der Waals surface area (Å²) in [5, 5.41) is 12.0. The van der Waals surface area contributed by atoms with Crippen LogP contribution in [0.25, 0.3) is 0 Å². The summed E-state index contributed by atoms with van der Waals surface area (Å²) in [4.78, 5) is 27.7. The second kappa shape index (κ2) is 10.5. The van der Waals surface area contributed by atoms with E-state index in [1.807, 2.05) is 6.07 Å². The number of unbranched alkanes of at least 4 members (excludes halogenated alkanes) is 1. The number of nitriles is 1. The number of benzene rings is 1. The molecule has 6 nitrogen and oxygen atoms in total. The number of pyridine rings is 1. The molecule has 2 fully saturated rings. The molecule has 2 heterocycles. The molecular weight excluding hydrogens is 438 g/mol. The largest absolute Gasteiger partial charge is 0.335 e. The van der Waals surface area contributed by atoms with Gasteiger partial charge in [0.2, 0.25) is 5.91 Å². The summed E-state index contributed by atoms with van der Waals surface area (Å²) < 4.78 is 30.6. The molecule has 1 unspecified atom stereocenters. The van der Waals surface area contributed by atoms with E-state index in [0.717, 1.165) is 31.4 Å². The van der Waals surface area contributed by atoms with Crippen LogP contribution >= 0.6 is 0 Å². The number of halogens is 2. The van der Waals surface area contributed by atoms with E-state index in [0.29, 0.717) is 31.4 Å². The summed E-state index contributed by atoms with van der Waals surface area (Å²) in [5.74, 6) is -2.43. The van der Waals surface area contributed by atoms with Crippen LogP contribution in [0.3, 0.4) is 0 Å². The van der Waals surface area contributed by atoms with Gasteiger partial charge in [-0.15, -0.1) is 0 Å². The van der Waals surface area contributed by atoms with Gasteiger partial charge in [-0.2, -0.15) is 5.26 Å². The minimum absolute atomic E-state index is 0.0120. The molecule has 4 rings (SSSR count). The van der Waals surface area contributed by atoms with Crippen LogP contribution in [0.2, 0.25) is 0 Å². The van der Waals surface area contributed by atoms with Crippen molar-refractivity contribution >= 4 is 5.91 Å². The lowest BCUT2D eigenvalue weighted by Gasteiger charge is -2.36. The van der Waals surface area contributed by atoms with Gasteiger partial charge in [0.1, 0.15) is 0 Å². The van der Waals surface area contributed by atoms with E-state index in [9.17, 15) is 18.4 Å². The topological polar surface area (TPSA) is 78.1 Å². The van der Waals surface area contributed by atoms with Gasteiger partial charge in [0.15, 0.2) is 11.6 Å². The molecule has 180 valence electrons. The summed E-state index contributed by atoms with van der Waals surface area (Å²) >= 11 is 0. The third kappa shape index (κ3) is 5.36. The molecule has 0 bridgehead atoms. The number of hydrogen-bond donors (Lipinski definition) is 1. The molecule has 1 aromatic heterocycles.